The van der Waals surface area contributed by atoms with Crippen molar-refractivity contribution >= 4 is 40.2 Å². The molecule has 34 heavy (non-hydrogen) atoms. The minimum atomic E-state index is -4.75. The molecule has 3 heterocycles. The lowest BCUT2D eigenvalue weighted by Crippen LogP contribution is -2.50. The van der Waals surface area contributed by atoms with Crippen molar-refractivity contribution in [1.29, 1.82) is 0 Å². The summed E-state index contributed by atoms with van der Waals surface area (Å²) in [5.74, 6) is 0.334. The van der Waals surface area contributed by atoms with Crippen LogP contribution in [-0.4, -0.2) is 46.3 Å². The number of anilines is 2. The number of H-pyrrole nitrogens is 1. The van der Waals surface area contributed by atoms with Crippen LogP contribution >= 0.6 is 11.6 Å². The van der Waals surface area contributed by atoms with Gasteiger partial charge in [-0.25, -0.2) is 14.8 Å². The Hall–Kier alpha value is -3.05. The Morgan fingerprint density at radius 2 is 2.09 bits per heavy atom. The molecule has 0 bridgehead atoms. The molecule has 8 nitrogen and oxygen atoms in total. The summed E-state index contributed by atoms with van der Waals surface area (Å²) in [4.78, 5) is 23.0. The number of amides is 1. The standard InChI is InChI=1S/C22H24ClF3N6O2/c1-21(2)7-6-11(8-29-21)30-19-28-10-14(23)17(32-19)13-9-27-18-12(13)4-5-15(31-20(33)34-3)16(18)22(24,25)26/h4-5,9-11,27,29H,6-8H2,1-3H3,(H,31,33)(H,28,30,32)/t11-/m0/s1. The number of fused-ring (bicyclic) bond motifs is 1. The Morgan fingerprint density at radius 1 is 1.32 bits per heavy atom. The van der Waals surface area contributed by atoms with Gasteiger partial charge in [0.05, 0.1) is 35.2 Å². The third kappa shape index (κ3) is 4.90. The number of hydrogen-bond acceptors (Lipinski definition) is 6. The van der Waals surface area contributed by atoms with Crippen molar-refractivity contribution in [3.05, 3.63) is 35.1 Å². The molecule has 2 aromatic heterocycles. The Kier molecular flexibility index (Phi) is 6.34. The Morgan fingerprint density at radius 3 is 2.74 bits per heavy atom. The minimum absolute atomic E-state index is 0.0615. The lowest BCUT2D eigenvalue weighted by Gasteiger charge is -2.36. The monoisotopic (exact) mass is 496 g/mol. The number of hydrogen-bond donors (Lipinski definition) is 4. The topological polar surface area (TPSA) is 104 Å². The second-order valence-electron chi connectivity index (χ2n) is 8.76. The number of ether oxygens (including phenoxy) is 1. The molecule has 0 saturated carbocycles. The van der Waals surface area contributed by atoms with E-state index in [-0.39, 0.29) is 33.2 Å². The maximum Gasteiger partial charge on any atom is 0.420 e. The van der Waals surface area contributed by atoms with Crippen molar-refractivity contribution in [2.24, 2.45) is 0 Å². The van der Waals surface area contributed by atoms with Crippen molar-refractivity contribution in [2.75, 3.05) is 24.3 Å². The fraction of sp³-hybridized carbons (Fsp3) is 0.409. The van der Waals surface area contributed by atoms with Crippen LogP contribution in [-0.2, 0) is 10.9 Å². The van der Waals surface area contributed by atoms with Crippen molar-refractivity contribution in [2.45, 2.75) is 44.4 Å². The zero-order valence-corrected chi connectivity index (χ0v) is 19.5. The van der Waals surface area contributed by atoms with Gasteiger partial charge in [-0.05, 0) is 32.8 Å². The Balaban J connectivity index is 1.71. The number of aromatic amines is 1. The van der Waals surface area contributed by atoms with Crippen LogP contribution in [0.2, 0.25) is 5.02 Å². The van der Waals surface area contributed by atoms with E-state index in [1.165, 1.54) is 24.5 Å². The molecule has 182 valence electrons. The van der Waals surface area contributed by atoms with Crippen molar-refractivity contribution in [1.82, 2.24) is 20.3 Å². The molecule has 1 aliphatic rings. The molecule has 0 aliphatic carbocycles. The summed E-state index contributed by atoms with van der Waals surface area (Å²) >= 11 is 6.34. The second kappa shape index (κ2) is 8.95. The van der Waals surface area contributed by atoms with Gasteiger partial charge in [-0.1, -0.05) is 17.7 Å². The predicted molar refractivity (Wildman–Crippen MR) is 124 cm³/mol. The summed E-state index contributed by atoms with van der Waals surface area (Å²) in [7, 11) is 1.07. The van der Waals surface area contributed by atoms with Gasteiger partial charge in [0, 0.05) is 35.3 Å². The van der Waals surface area contributed by atoms with E-state index in [9.17, 15) is 18.0 Å². The van der Waals surface area contributed by atoms with Gasteiger partial charge in [-0.3, -0.25) is 5.32 Å². The minimum Gasteiger partial charge on any atom is -0.453 e. The first-order valence-electron chi connectivity index (χ1n) is 10.6. The summed E-state index contributed by atoms with van der Waals surface area (Å²) in [6.45, 7) is 5.00. The molecule has 4 N–H and O–H groups in total. The van der Waals surface area contributed by atoms with E-state index in [2.05, 4.69) is 49.5 Å². The van der Waals surface area contributed by atoms with E-state index in [4.69, 9.17) is 11.6 Å². The molecule has 12 heteroatoms. The van der Waals surface area contributed by atoms with E-state index in [0.717, 1.165) is 26.5 Å². The zero-order chi connectivity index (χ0) is 24.7. The van der Waals surface area contributed by atoms with E-state index in [1.54, 1.807) is 0 Å². The Labute approximate surface area is 198 Å². The van der Waals surface area contributed by atoms with Crippen LogP contribution in [0, 0.1) is 0 Å². The summed E-state index contributed by atoms with van der Waals surface area (Å²) < 4.78 is 46.2. The first kappa shape index (κ1) is 24.1. The van der Waals surface area contributed by atoms with Crippen LogP contribution < -0.4 is 16.0 Å². The maximum atomic E-state index is 13.9. The van der Waals surface area contributed by atoms with Gasteiger partial charge in [-0.15, -0.1) is 0 Å². The van der Waals surface area contributed by atoms with Gasteiger partial charge in [0.25, 0.3) is 0 Å². The number of benzene rings is 1. The molecule has 1 aromatic carbocycles. The number of nitrogens with zero attached hydrogens (tertiary/aromatic N) is 2. The average molecular weight is 497 g/mol. The number of piperidine rings is 1. The van der Waals surface area contributed by atoms with Gasteiger partial charge in [0.15, 0.2) is 0 Å². The largest absolute Gasteiger partial charge is 0.453 e. The molecule has 4 rings (SSSR count). The number of carbonyl (C=O) groups excluding carboxylic acids is 1. The predicted octanol–water partition coefficient (Wildman–Crippen LogP) is 5.42. The first-order valence-corrected chi connectivity index (χ1v) is 11.0. The number of halogens is 4. The van der Waals surface area contributed by atoms with Gasteiger partial charge in [0.2, 0.25) is 5.95 Å². The lowest BCUT2D eigenvalue weighted by atomic mass is 9.91. The van der Waals surface area contributed by atoms with E-state index in [0.29, 0.717) is 11.5 Å². The van der Waals surface area contributed by atoms with Crippen LogP contribution in [0.1, 0.15) is 32.3 Å². The lowest BCUT2D eigenvalue weighted by molar-refractivity contribution is -0.135. The number of carbonyl (C=O) groups is 1. The van der Waals surface area contributed by atoms with Gasteiger partial charge < -0.3 is 20.4 Å². The van der Waals surface area contributed by atoms with E-state index >= 15 is 0 Å². The molecule has 0 radical (unpaired) electrons. The van der Waals surface area contributed by atoms with Crippen molar-refractivity contribution in [3.8, 4) is 11.3 Å². The summed E-state index contributed by atoms with van der Waals surface area (Å²) in [6.07, 6.45) is -1.04. The quantitative estimate of drug-likeness (QED) is 0.384. The number of alkyl halides is 3. The fourth-order valence-corrected chi connectivity index (χ4v) is 4.20. The van der Waals surface area contributed by atoms with Crippen LogP contribution in [0.15, 0.2) is 24.5 Å². The number of nitrogens with one attached hydrogen (secondary N) is 4. The molecular weight excluding hydrogens is 473 g/mol. The van der Waals surface area contributed by atoms with E-state index < -0.39 is 23.5 Å². The normalized spacial score (nSPS) is 18.0. The third-order valence-corrected chi connectivity index (χ3v) is 6.12. The highest BCUT2D eigenvalue weighted by Crippen LogP contribution is 2.43. The highest BCUT2D eigenvalue weighted by atomic mass is 35.5. The van der Waals surface area contributed by atoms with Gasteiger partial charge >= 0.3 is 12.3 Å². The molecule has 0 unspecified atom stereocenters. The highest BCUT2D eigenvalue weighted by Gasteiger charge is 2.37. The molecule has 1 fully saturated rings. The average Bonchev–Trinajstić information content (AvgIpc) is 3.19. The van der Waals surface area contributed by atoms with Crippen LogP contribution in [0.3, 0.4) is 0 Å². The first-order chi connectivity index (χ1) is 16.0. The SMILES string of the molecule is COC(=O)Nc1ccc2c(-c3nc(N[C@H]4CCC(C)(C)NC4)ncc3Cl)c[nH]c2c1C(F)(F)F. The molecule has 3 aromatic rings. The molecule has 1 aliphatic heterocycles. The van der Waals surface area contributed by atoms with Gasteiger partial charge in [0.1, 0.15) is 5.56 Å². The van der Waals surface area contributed by atoms with E-state index in [1.807, 2.05) is 0 Å². The smallest absolute Gasteiger partial charge is 0.420 e. The van der Waals surface area contributed by atoms with Crippen LogP contribution in [0.5, 0.6) is 0 Å². The summed E-state index contributed by atoms with van der Waals surface area (Å²) in [6, 6.07) is 2.73. The Bertz CT molecular complexity index is 1220. The maximum absolute atomic E-state index is 13.9. The second-order valence-corrected chi connectivity index (χ2v) is 9.17. The zero-order valence-electron chi connectivity index (χ0n) is 18.7. The number of aromatic nitrogens is 3. The molecule has 1 atom stereocenters. The summed E-state index contributed by atoms with van der Waals surface area (Å²) in [5, 5.41) is 9.28. The van der Waals surface area contributed by atoms with Crippen LogP contribution in [0.25, 0.3) is 22.2 Å². The number of rotatable bonds is 4. The van der Waals surface area contributed by atoms with Crippen molar-refractivity contribution < 1.29 is 22.7 Å². The fourth-order valence-electron chi connectivity index (χ4n) is 4.01. The van der Waals surface area contributed by atoms with Crippen molar-refractivity contribution in [3.63, 3.8) is 0 Å². The van der Waals surface area contributed by atoms with Crippen LogP contribution in [0.4, 0.5) is 29.6 Å². The summed E-state index contributed by atoms with van der Waals surface area (Å²) in [5.41, 5.74) is -0.935. The molecular formula is C22H24ClF3N6O2. The third-order valence-electron chi connectivity index (χ3n) is 5.84. The molecule has 1 amide bonds. The molecule has 0 spiro atoms. The highest BCUT2D eigenvalue weighted by molar-refractivity contribution is 6.33. The molecule has 1 saturated heterocycles. The number of methoxy groups -OCH3 is 1. The van der Waals surface area contributed by atoms with Gasteiger partial charge in [-0.2, -0.15) is 13.2 Å².